The third kappa shape index (κ3) is 3.35. The fourth-order valence-electron chi connectivity index (χ4n) is 1.33. The van der Waals surface area contributed by atoms with Crippen LogP contribution in [0.5, 0.6) is 5.75 Å². The van der Waals surface area contributed by atoms with Gasteiger partial charge in [-0.2, -0.15) is 0 Å². The van der Waals surface area contributed by atoms with Gasteiger partial charge in [0.25, 0.3) is 0 Å². The lowest BCUT2D eigenvalue weighted by Gasteiger charge is -2.13. The Morgan fingerprint density at radius 3 is 2.75 bits per heavy atom. The van der Waals surface area contributed by atoms with Crippen LogP contribution in [-0.4, -0.2) is 19.5 Å². The molecule has 0 spiro atoms. The first-order chi connectivity index (χ1) is 7.71. The van der Waals surface area contributed by atoms with Gasteiger partial charge >= 0.3 is 0 Å². The fraction of sp³-hybridized carbons (Fsp3) is 0.462. The summed E-state index contributed by atoms with van der Waals surface area (Å²) in [6, 6.07) is 5.33. The molecule has 16 heavy (non-hydrogen) atoms. The highest BCUT2D eigenvalue weighted by molar-refractivity contribution is 5.75. The van der Waals surface area contributed by atoms with Crippen molar-refractivity contribution >= 4 is 6.29 Å². The number of carbonyl (C=O) groups excluding carboxylic acids is 1. The number of rotatable bonds is 6. The number of benzene rings is 1. The molecule has 0 amide bonds. The smallest absolute Gasteiger partial charge is 0.150 e. The van der Waals surface area contributed by atoms with E-state index < -0.39 is 0 Å². The maximum absolute atomic E-state index is 10.7. The van der Waals surface area contributed by atoms with Gasteiger partial charge in [-0.3, -0.25) is 4.79 Å². The summed E-state index contributed by atoms with van der Waals surface area (Å²) in [6.07, 6.45) is 2.01. The predicted octanol–water partition coefficient (Wildman–Crippen LogP) is 2.82. The first kappa shape index (κ1) is 12.7. The van der Waals surface area contributed by atoms with Crippen molar-refractivity contribution in [1.82, 2.24) is 0 Å². The Morgan fingerprint density at radius 2 is 2.19 bits per heavy atom. The summed E-state index contributed by atoms with van der Waals surface area (Å²) < 4.78 is 10.8. The molecule has 0 bridgehead atoms. The summed E-state index contributed by atoms with van der Waals surface area (Å²) >= 11 is 0. The lowest BCUT2D eigenvalue weighted by molar-refractivity contribution is 0.0497. The monoisotopic (exact) mass is 222 g/mol. The minimum atomic E-state index is 0.213. The van der Waals surface area contributed by atoms with Crippen LogP contribution in [0.3, 0.4) is 0 Å². The van der Waals surface area contributed by atoms with Crippen LogP contribution >= 0.6 is 0 Å². The molecule has 3 heteroatoms. The second-order valence-electron chi connectivity index (χ2n) is 3.72. The molecular weight excluding hydrogens is 204 g/mol. The van der Waals surface area contributed by atoms with Gasteiger partial charge in [-0.15, -0.1) is 0 Å². The van der Waals surface area contributed by atoms with Crippen molar-refractivity contribution in [3.8, 4) is 5.75 Å². The van der Waals surface area contributed by atoms with Gasteiger partial charge < -0.3 is 9.47 Å². The number of methoxy groups -OCH3 is 1. The minimum Gasteiger partial charge on any atom is -0.496 e. The molecule has 0 aliphatic carbocycles. The van der Waals surface area contributed by atoms with Gasteiger partial charge in [0.1, 0.15) is 12.0 Å². The van der Waals surface area contributed by atoms with Gasteiger partial charge in [-0.1, -0.05) is 6.92 Å². The molecule has 0 saturated heterocycles. The Hall–Kier alpha value is -1.35. The summed E-state index contributed by atoms with van der Waals surface area (Å²) in [5, 5.41) is 0. The van der Waals surface area contributed by atoms with Gasteiger partial charge in [0.15, 0.2) is 0 Å². The molecule has 0 aromatic heterocycles. The molecular formula is C13H18O3. The zero-order chi connectivity index (χ0) is 12.0. The molecule has 88 valence electrons. The summed E-state index contributed by atoms with van der Waals surface area (Å²) in [7, 11) is 1.61. The first-order valence-electron chi connectivity index (χ1n) is 5.45. The molecule has 0 radical (unpaired) electrons. The van der Waals surface area contributed by atoms with Crippen molar-refractivity contribution in [3.05, 3.63) is 29.3 Å². The lowest BCUT2D eigenvalue weighted by Crippen LogP contribution is -2.07. The second kappa shape index (κ2) is 6.28. The molecule has 1 aromatic carbocycles. The Labute approximate surface area is 96.4 Å². The highest BCUT2D eigenvalue weighted by Crippen LogP contribution is 2.20. The molecule has 0 aliphatic heterocycles. The lowest BCUT2D eigenvalue weighted by atomic mass is 10.1. The van der Waals surface area contributed by atoms with E-state index in [9.17, 15) is 4.79 Å². The molecule has 0 N–H and O–H groups in total. The van der Waals surface area contributed by atoms with E-state index in [1.54, 1.807) is 25.3 Å². The molecule has 0 saturated carbocycles. The van der Waals surface area contributed by atoms with E-state index >= 15 is 0 Å². The van der Waals surface area contributed by atoms with E-state index in [-0.39, 0.29) is 6.10 Å². The molecule has 1 atom stereocenters. The summed E-state index contributed by atoms with van der Waals surface area (Å²) in [6.45, 7) is 4.57. The second-order valence-corrected chi connectivity index (χ2v) is 3.72. The average Bonchev–Trinajstić information content (AvgIpc) is 2.35. The van der Waals surface area contributed by atoms with Crippen LogP contribution in [-0.2, 0) is 11.3 Å². The van der Waals surface area contributed by atoms with E-state index in [0.29, 0.717) is 12.2 Å². The van der Waals surface area contributed by atoms with Gasteiger partial charge in [0, 0.05) is 11.1 Å². The van der Waals surface area contributed by atoms with E-state index in [0.717, 1.165) is 24.0 Å². The Kier molecular flexibility index (Phi) is 4.99. The highest BCUT2D eigenvalue weighted by Gasteiger charge is 2.06. The first-order valence-corrected chi connectivity index (χ1v) is 5.45. The number of hydrogen-bond acceptors (Lipinski definition) is 3. The van der Waals surface area contributed by atoms with Crippen molar-refractivity contribution < 1.29 is 14.3 Å². The van der Waals surface area contributed by atoms with Gasteiger partial charge in [-0.25, -0.2) is 0 Å². The quantitative estimate of drug-likeness (QED) is 0.694. The van der Waals surface area contributed by atoms with Crippen LogP contribution in [0.2, 0.25) is 0 Å². The number of hydrogen-bond donors (Lipinski definition) is 0. The van der Waals surface area contributed by atoms with Crippen LogP contribution in [0.25, 0.3) is 0 Å². The van der Waals surface area contributed by atoms with Gasteiger partial charge in [0.2, 0.25) is 0 Å². The molecule has 0 aliphatic rings. The normalized spacial score (nSPS) is 12.2. The fourth-order valence-corrected chi connectivity index (χ4v) is 1.33. The van der Waals surface area contributed by atoms with Crippen LogP contribution in [0.1, 0.15) is 36.2 Å². The van der Waals surface area contributed by atoms with Crippen molar-refractivity contribution in [2.75, 3.05) is 7.11 Å². The molecule has 3 nitrogen and oxygen atoms in total. The summed E-state index contributed by atoms with van der Waals surface area (Å²) in [5.41, 5.74) is 1.55. The van der Waals surface area contributed by atoms with Crippen molar-refractivity contribution in [2.24, 2.45) is 0 Å². The third-order valence-corrected chi connectivity index (χ3v) is 2.54. The van der Waals surface area contributed by atoms with Gasteiger partial charge in [0.05, 0.1) is 19.8 Å². The predicted molar refractivity (Wildman–Crippen MR) is 62.9 cm³/mol. The highest BCUT2D eigenvalue weighted by atomic mass is 16.5. The van der Waals surface area contributed by atoms with E-state index in [2.05, 4.69) is 6.92 Å². The maximum Gasteiger partial charge on any atom is 0.150 e. The third-order valence-electron chi connectivity index (χ3n) is 2.54. The van der Waals surface area contributed by atoms with Gasteiger partial charge in [-0.05, 0) is 31.5 Å². The minimum absolute atomic E-state index is 0.213. The zero-order valence-electron chi connectivity index (χ0n) is 10.0. The summed E-state index contributed by atoms with van der Waals surface area (Å²) in [4.78, 5) is 10.7. The van der Waals surface area contributed by atoms with Crippen LogP contribution in [0.4, 0.5) is 0 Å². The average molecular weight is 222 g/mol. The molecule has 0 fully saturated rings. The van der Waals surface area contributed by atoms with Crippen molar-refractivity contribution in [3.63, 3.8) is 0 Å². The molecule has 0 heterocycles. The molecule has 1 aromatic rings. The van der Waals surface area contributed by atoms with Crippen LogP contribution in [0, 0.1) is 0 Å². The van der Waals surface area contributed by atoms with E-state index in [4.69, 9.17) is 9.47 Å². The maximum atomic E-state index is 10.7. The van der Waals surface area contributed by atoms with E-state index in [1.807, 2.05) is 6.92 Å². The number of ether oxygens (including phenoxy) is 2. The Balaban J connectivity index is 2.78. The number of carbonyl (C=O) groups is 1. The van der Waals surface area contributed by atoms with Crippen molar-refractivity contribution in [2.45, 2.75) is 33.0 Å². The van der Waals surface area contributed by atoms with Crippen molar-refractivity contribution in [1.29, 1.82) is 0 Å². The summed E-state index contributed by atoms with van der Waals surface area (Å²) in [5.74, 6) is 0.758. The number of aldehydes is 1. The Morgan fingerprint density at radius 1 is 1.44 bits per heavy atom. The Bertz CT molecular complexity index is 347. The zero-order valence-corrected chi connectivity index (χ0v) is 10.0. The topological polar surface area (TPSA) is 35.5 Å². The standard InChI is InChI=1S/C13H18O3/c1-4-10(2)16-9-12-7-11(8-14)5-6-13(12)15-3/h5-8,10H,4,9H2,1-3H3. The van der Waals surface area contributed by atoms with Crippen LogP contribution in [0.15, 0.2) is 18.2 Å². The molecule has 1 unspecified atom stereocenters. The van der Waals surface area contributed by atoms with E-state index in [1.165, 1.54) is 0 Å². The van der Waals surface area contributed by atoms with Crippen LogP contribution < -0.4 is 4.74 Å². The SMILES string of the molecule is CCC(C)OCc1cc(C=O)ccc1OC. The molecule has 1 rings (SSSR count). The largest absolute Gasteiger partial charge is 0.496 e.